The normalized spacial score (nSPS) is 16.7. The number of nitrogens with two attached hydrogens (primary N) is 1. The average Bonchev–Trinajstić information content (AvgIpc) is 3.32. The summed E-state index contributed by atoms with van der Waals surface area (Å²) in [6.07, 6.45) is 8.03. The van der Waals surface area contributed by atoms with Crippen LogP contribution < -0.4 is 11.1 Å². The Hall–Kier alpha value is -1.72. The first-order chi connectivity index (χ1) is 13.4. The van der Waals surface area contributed by atoms with Crippen molar-refractivity contribution in [1.82, 2.24) is 15.3 Å². The number of hydrogen-bond donors (Lipinski definition) is 5. The topological polar surface area (TPSA) is 158 Å². The molecule has 6 N–H and O–H groups in total. The van der Waals surface area contributed by atoms with Crippen molar-refractivity contribution in [3.8, 4) is 0 Å². The van der Waals surface area contributed by atoms with Crippen molar-refractivity contribution in [2.75, 3.05) is 12.3 Å². The van der Waals surface area contributed by atoms with E-state index in [9.17, 15) is 14.4 Å². The van der Waals surface area contributed by atoms with Crippen LogP contribution in [0, 0.1) is 0 Å². The van der Waals surface area contributed by atoms with Gasteiger partial charge < -0.3 is 26.2 Å². The third kappa shape index (κ3) is 11.2. The Morgan fingerprint density at radius 3 is 2.64 bits per heavy atom. The number of amides is 1. The number of nitrogens with one attached hydrogen (secondary N) is 2. The van der Waals surface area contributed by atoms with E-state index in [4.69, 9.17) is 15.9 Å². The number of aromatic nitrogens is 2. The van der Waals surface area contributed by atoms with Crippen molar-refractivity contribution in [3.63, 3.8) is 0 Å². The van der Waals surface area contributed by atoms with Gasteiger partial charge in [-0.15, -0.1) is 0 Å². The quantitative estimate of drug-likeness (QED) is 0.259. The lowest BCUT2D eigenvalue weighted by molar-refractivity contribution is -0.141. The number of carbonyl (C=O) groups is 3. The van der Waals surface area contributed by atoms with E-state index in [-0.39, 0.29) is 25.3 Å². The second kappa shape index (κ2) is 14.3. The minimum absolute atomic E-state index is 0.118. The molecule has 1 aromatic rings. The molecule has 0 bridgehead atoms. The van der Waals surface area contributed by atoms with Gasteiger partial charge in [0.2, 0.25) is 5.91 Å². The van der Waals surface area contributed by atoms with E-state index >= 15 is 0 Å². The Bertz CT molecular complexity index is 594. The van der Waals surface area contributed by atoms with E-state index < -0.39 is 18.0 Å². The Morgan fingerprint density at radius 1 is 1.32 bits per heavy atom. The molecule has 0 aliphatic carbocycles. The molecule has 0 spiro atoms. The monoisotopic (exact) mass is 432 g/mol. The van der Waals surface area contributed by atoms with Gasteiger partial charge in [-0.25, -0.2) is 9.78 Å². The molecule has 1 aliphatic rings. The van der Waals surface area contributed by atoms with Gasteiger partial charge in [0.15, 0.2) is 0 Å². The minimum Gasteiger partial charge on any atom is -0.481 e. The van der Waals surface area contributed by atoms with Crippen molar-refractivity contribution >= 4 is 39.4 Å². The van der Waals surface area contributed by atoms with Crippen molar-refractivity contribution < 1.29 is 24.6 Å². The van der Waals surface area contributed by atoms with E-state index in [1.807, 2.05) is 21.6 Å². The molecular formula is C17H28N4O5S2. The molecule has 1 aliphatic heterocycles. The number of aliphatic carboxylic acids is 2. The van der Waals surface area contributed by atoms with Gasteiger partial charge in [0.25, 0.3) is 0 Å². The highest BCUT2D eigenvalue weighted by atomic mass is 33.1. The summed E-state index contributed by atoms with van der Waals surface area (Å²) in [5.74, 6) is -0.841. The molecule has 2 rings (SSSR count). The first kappa shape index (κ1) is 24.3. The zero-order valence-corrected chi connectivity index (χ0v) is 17.3. The molecular weight excluding hydrogens is 404 g/mol. The first-order valence-corrected chi connectivity index (χ1v) is 11.5. The number of carboxylic acid groups (broad SMARTS) is 2. The molecule has 2 heterocycles. The van der Waals surface area contributed by atoms with Gasteiger partial charge in [0.05, 0.1) is 6.33 Å². The summed E-state index contributed by atoms with van der Waals surface area (Å²) in [7, 11) is 3.92. The molecule has 158 valence electrons. The summed E-state index contributed by atoms with van der Waals surface area (Å²) >= 11 is 0. The molecule has 1 unspecified atom stereocenters. The van der Waals surface area contributed by atoms with Crippen LogP contribution in [0.2, 0.25) is 0 Å². The Labute approximate surface area is 172 Å². The summed E-state index contributed by atoms with van der Waals surface area (Å²) in [4.78, 5) is 38.8. The largest absolute Gasteiger partial charge is 0.481 e. The fourth-order valence-corrected chi connectivity index (χ4v) is 5.45. The van der Waals surface area contributed by atoms with Crippen LogP contribution in [-0.4, -0.2) is 61.6 Å². The molecule has 1 saturated heterocycles. The number of carboxylic acids is 2. The second-order valence-corrected chi connectivity index (χ2v) is 9.03. The fraction of sp³-hybridized carbons (Fsp3) is 0.647. The molecule has 0 radical (unpaired) electrons. The van der Waals surface area contributed by atoms with Crippen LogP contribution in [0.5, 0.6) is 0 Å². The number of H-pyrrole nitrogens is 1. The van der Waals surface area contributed by atoms with Gasteiger partial charge in [-0.3, -0.25) is 9.59 Å². The highest BCUT2D eigenvalue weighted by Gasteiger charge is 2.20. The Morgan fingerprint density at radius 2 is 2.11 bits per heavy atom. The average molecular weight is 433 g/mol. The summed E-state index contributed by atoms with van der Waals surface area (Å²) in [5, 5.41) is 20.5. The van der Waals surface area contributed by atoms with Gasteiger partial charge >= 0.3 is 11.9 Å². The van der Waals surface area contributed by atoms with E-state index in [2.05, 4.69) is 15.3 Å². The van der Waals surface area contributed by atoms with Crippen molar-refractivity contribution in [2.24, 2.45) is 5.73 Å². The van der Waals surface area contributed by atoms with Gasteiger partial charge in [-0.1, -0.05) is 28.0 Å². The number of hydrogen-bond acceptors (Lipinski definition) is 7. The van der Waals surface area contributed by atoms with Crippen molar-refractivity contribution in [1.29, 1.82) is 0 Å². The molecule has 1 amide bonds. The molecule has 28 heavy (non-hydrogen) atoms. The highest BCUT2D eigenvalue weighted by Crippen LogP contribution is 2.39. The van der Waals surface area contributed by atoms with Crippen LogP contribution in [-0.2, 0) is 20.8 Å². The van der Waals surface area contributed by atoms with E-state index in [1.165, 1.54) is 31.1 Å². The summed E-state index contributed by atoms with van der Waals surface area (Å²) in [6.45, 7) is 0.197. The highest BCUT2D eigenvalue weighted by molar-refractivity contribution is 8.77. The maximum Gasteiger partial charge on any atom is 0.326 e. The number of carbonyl (C=O) groups excluding carboxylic acids is 1. The van der Waals surface area contributed by atoms with Crippen LogP contribution in [0.3, 0.4) is 0 Å². The molecule has 0 saturated carbocycles. The second-order valence-electron chi connectivity index (χ2n) is 6.25. The third-order valence-electron chi connectivity index (χ3n) is 3.88. The maximum absolute atomic E-state index is 11.2. The van der Waals surface area contributed by atoms with Crippen LogP contribution >= 0.6 is 21.6 Å². The summed E-state index contributed by atoms with van der Waals surface area (Å²) in [6, 6.07) is -0.959. The standard InChI is InChI=1S/C9H14N4O3.C8H14O2S2/c10-2-1-8(14)13-7(9(15)16)3-6-4-11-5-12-6;9-8(10)4-2-1-3-7-5-6-11-12-7/h4-5,7H,1-3,10H2,(H,11,12)(H,13,14)(H,15,16);7H,1-6H2,(H,9,10)/t7-;/m0./s1. The number of nitrogens with zero attached hydrogens (tertiary/aromatic N) is 1. The van der Waals surface area contributed by atoms with Crippen molar-refractivity contribution in [3.05, 3.63) is 18.2 Å². The van der Waals surface area contributed by atoms with E-state index in [1.54, 1.807) is 0 Å². The third-order valence-corrected chi connectivity index (χ3v) is 6.88. The number of imidazole rings is 1. The maximum atomic E-state index is 11.2. The molecule has 0 aromatic carbocycles. The van der Waals surface area contributed by atoms with E-state index in [0.29, 0.717) is 12.1 Å². The molecule has 1 fully saturated rings. The minimum atomic E-state index is -1.08. The smallest absolute Gasteiger partial charge is 0.326 e. The molecule has 11 heteroatoms. The number of aromatic amines is 1. The fourth-order valence-electron chi connectivity index (χ4n) is 2.43. The SMILES string of the molecule is NCCC(=O)N[C@@H](Cc1cnc[nH]1)C(=O)O.O=C(O)CCCCC1CCSS1. The predicted octanol–water partition coefficient (Wildman–Crippen LogP) is 1.66. The van der Waals surface area contributed by atoms with Crippen LogP contribution in [0.15, 0.2) is 12.5 Å². The first-order valence-electron chi connectivity index (χ1n) is 9.12. The number of unbranched alkanes of at least 4 members (excludes halogenated alkanes) is 1. The Balaban J connectivity index is 0.000000292. The van der Waals surface area contributed by atoms with Gasteiger partial charge in [0, 0.05) is 48.7 Å². The lowest BCUT2D eigenvalue weighted by Gasteiger charge is -2.13. The van der Waals surface area contributed by atoms with Crippen molar-refractivity contribution in [2.45, 2.75) is 56.2 Å². The van der Waals surface area contributed by atoms with Gasteiger partial charge in [-0.2, -0.15) is 0 Å². The van der Waals surface area contributed by atoms with Crippen LogP contribution in [0.1, 0.15) is 44.2 Å². The van der Waals surface area contributed by atoms with E-state index in [0.717, 1.165) is 18.1 Å². The van der Waals surface area contributed by atoms with Crippen LogP contribution in [0.25, 0.3) is 0 Å². The molecule has 1 aromatic heterocycles. The molecule has 2 atom stereocenters. The summed E-state index contributed by atoms with van der Waals surface area (Å²) < 4.78 is 0. The van der Waals surface area contributed by atoms with Gasteiger partial charge in [0.1, 0.15) is 6.04 Å². The summed E-state index contributed by atoms with van der Waals surface area (Å²) in [5.41, 5.74) is 5.85. The number of rotatable bonds is 11. The predicted molar refractivity (Wildman–Crippen MR) is 110 cm³/mol. The Kier molecular flexibility index (Phi) is 12.4. The lowest BCUT2D eigenvalue weighted by Crippen LogP contribution is -2.42. The zero-order chi connectivity index (χ0) is 20.8. The molecule has 9 nitrogen and oxygen atoms in total. The lowest BCUT2D eigenvalue weighted by atomic mass is 10.1. The zero-order valence-electron chi connectivity index (χ0n) is 15.6. The van der Waals surface area contributed by atoms with Gasteiger partial charge in [-0.05, 0) is 19.3 Å². The van der Waals surface area contributed by atoms with Crippen LogP contribution in [0.4, 0.5) is 0 Å².